The molecule has 0 atom stereocenters. The van der Waals surface area contributed by atoms with Crippen LogP contribution in [0.5, 0.6) is 0 Å². The SMILES string of the molecule is CC(/C=C(/C)[N-]c1c(C)cccc1C)=Nc1c(C)cccc1C.O=S(=O)([O-])C(F)(F)F.[C-]#[N+]c1c(C)cccc1C.[Os+2].c1ccccc1. The Morgan fingerprint density at radius 3 is 1.38 bits per heavy atom. The summed E-state index contributed by atoms with van der Waals surface area (Å²) < 4.78 is 58.9. The molecule has 4 rings (SSSR count). The molecule has 0 unspecified atom stereocenters. The van der Waals surface area contributed by atoms with Crippen LogP contribution in [-0.4, -0.2) is 24.2 Å². The van der Waals surface area contributed by atoms with Gasteiger partial charge in [0, 0.05) is 5.71 Å². The van der Waals surface area contributed by atoms with Gasteiger partial charge in [0.05, 0.1) is 12.3 Å². The summed E-state index contributed by atoms with van der Waals surface area (Å²) in [6.07, 6.45) is 2.04. The first-order valence-electron chi connectivity index (χ1n) is 14.4. The molecular weight excluding hydrogens is 814 g/mol. The molecule has 0 fully saturated rings. The number of alkyl halides is 3. The van der Waals surface area contributed by atoms with E-state index in [0.717, 1.165) is 39.6 Å². The second-order valence-electron chi connectivity index (χ2n) is 10.5. The molecule has 4 aromatic carbocycles. The Kier molecular flexibility index (Phi) is 19.2. The number of rotatable bonds is 4. The van der Waals surface area contributed by atoms with Crippen LogP contribution in [0, 0.1) is 48.1 Å². The van der Waals surface area contributed by atoms with Gasteiger partial charge in [-0.1, -0.05) is 115 Å². The van der Waals surface area contributed by atoms with Gasteiger partial charge in [0.15, 0.2) is 15.8 Å². The van der Waals surface area contributed by atoms with Gasteiger partial charge in [-0.15, -0.1) is 5.69 Å². The number of nitrogens with zero attached hydrogens (tertiary/aromatic N) is 3. The minimum atomic E-state index is -6.09. The maximum absolute atomic E-state index is 10.7. The fraction of sp³-hybridized carbons (Fsp3) is 0.243. The van der Waals surface area contributed by atoms with E-state index in [1.807, 2.05) is 88.4 Å². The minimum absolute atomic E-state index is 0. The van der Waals surface area contributed by atoms with Gasteiger partial charge < -0.3 is 9.87 Å². The van der Waals surface area contributed by atoms with Crippen molar-refractivity contribution in [3.05, 3.63) is 153 Å². The second-order valence-corrected chi connectivity index (χ2v) is 11.9. The van der Waals surface area contributed by atoms with Gasteiger partial charge in [0.25, 0.3) is 0 Å². The van der Waals surface area contributed by atoms with Crippen molar-refractivity contribution in [1.29, 1.82) is 0 Å². The molecule has 4 aromatic rings. The average Bonchev–Trinajstić information content (AvgIpc) is 2.98. The Morgan fingerprint density at radius 1 is 0.729 bits per heavy atom. The molecule has 0 spiro atoms. The minimum Gasteiger partial charge on any atom is -0.741 e. The zero-order chi connectivity index (χ0) is 35.8. The van der Waals surface area contributed by atoms with Gasteiger partial charge in [0.2, 0.25) is 0 Å². The average molecular weight is 854 g/mol. The molecule has 0 aliphatic heterocycles. The van der Waals surface area contributed by atoms with E-state index in [2.05, 4.69) is 68.9 Å². The monoisotopic (exact) mass is 855 g/mol. The molecule has 0 saturated heterocycles. The van der Waals surface area contributed by atoms with Crippen molar-refractivity contribution < 1.29 is 45.9 Å². The Bertz CT molecular complexity index is 1730. The van der Waals surface area contributed by atoms with E-state index in [0.29, 0.717) is 0 Å². The molecule has 0 aliphatic rings. The molecule has 0 radical (unpaired) electrons. The smallest absolute Gasteiger partial charge is 0.741 e. The molecule has 0 aromatic heterocycles. The Balaban J connectivity index is 0.000000724. The first-order chi connectivity index (χ1) is 21.9. The van der Waals surface area contributed by atoms with Crippen molar-refractivity contribution in [2.75, 3.05) is 0 Å². The van der Waals surface area contributed by atoms with Crippen LogP contribution in [-0.2, 0) is 29.9 Å². The fourth-order valence-electron chi connectivity index (χ4n) is 4.05. The molecule has 0 heterocycles. The summed E-state index contributed by atoms with van der Waals surface area (Å²) in [5.74, 6) is 0. The van der Waals surface area contributed by atoms with Crippen LogP contribution < -0.4 is 0 Å². The third-order valence-corrected chi connectivity index (χ3v) is 6.94. The Labute approximate surface area is 296 Å². The van der Waals surface area contributed by atoms with E-state index in [4.69, 9.17) is 29.9 Å². The van der Waals surface area contributed by atoms with Crippen molar-refractivity contribution in [2.45, 2.75) is 60.9 Å². The Morgan fingerprint density at radius 2 is 1.06 bits per heavy atom. The molecule has 6 nitrogen and oxygen atoms in total. The van der Waals surface area contributed by atoms with E-state index in [1.54, 1.807) is 0 Å². The normalized spacial score (nSPS) is 11.1. The molecule has 0 N–H and O–H groups in total. The zero-order valence-electron chi connectivity index (χ0n) is 28.2. The first kappa shape index (κ1) is 43.9. The first-order valence-corrected chi connectivity index (χ1v) is 15.8. The van der Waals surface area contributed by atoms with E-state index in [1.165, 1.54) is 22.3 Å². The van der Waals surface area contributed by atoms with Crippen molar-refractivity contribution >= 4 is 32.9 Å². The summed E-state index contributed by atoms with van der Waals surface area (Å²) in [5, 5.41) is 4.76. The quantitative estimate of drug-likeness (QED) is 0.0886. The van der Waals surface area contributed by atoms with Gasteiger partial charge in [-0.05, 0) is 70.7 Å². The zero-order valence-corrected chi connectivity index (χ0v) is 31.6. The van der Waals surface area contributed by atoms with Crippen LogP contribution in [0.1, 0.15) is 47.2 Å². The van der Waals surface area contributed by atoms with Crippen molar-refractivity contribution in [2.24, 2.45) is 4.99 Å². The van der Waals surface area contributed by atoms with E-state index >= 15 is 0 Å². The fourth-order valence-corrected chi connectivity index (χ4v) is 4.05. The van der Waals surface area contributed by atoms with Gasteiger partial charge in [-0.2, -0.15) is 18.9 Å². The van der Waals surface area contributed by atoms with E-state index < -0.39 is 15.6 Å². The number of hydrogen-bond donors (Lipinski definition) is 0. The largest absolute Gasteiger partial charge is 2.00 e. The Hall–Kier alpha value is -4.08. The predicted molar refractivity (Wildman–Crippen MR) is 186 cm³/mol. The number of aliphatic imine (C=N–C) groups is 1. The molecule has 256 valence electrons. The van der Waals surface area contributed by atoms with Crippen LogP contribution in [0.4, 0.5) is 30.2 Å². The number of para-hydroxylation sites is 3. The molecule has 0 saturated carbocycles. The van der Waals surface area contributed by atoms with Crippen LogP contribution in [0.15, 0.2) is 108 Å². The number of aryl methyl sites for hydroxylation is 6. The van der Waals surface area contributed by atoms with E-state index in [-0.39, 0.29) is 19.8 Å². The summed E-state index contributed by atoms with van der Waals surface area (Å²) in [6, 6.07) is 30.4. The third kappa shape index (κ3) is 15.7. The van der Waals surface area contributed by atoms with Crippen molar-refractivity contribution in [3.63, 3.8) is 0 Å². The molecular formula is C37H40F3N3O3OsS. The van der Waals surface area contributed by atoms with Gasteiger partial charge in [-0.25, -0.2) is 13.3 Å². The van der Waals surface area contributed by atoms with Crippen LogP contribution >= 0.6 is 0 Å². The summed E-state index contributed by atoms with van der Waals surface area (Å²) in [7, 11) is -6.09. The van der Waals surface area contributed by atoms with Crippen LogP contribution in [0.2, 0.25) is 0 Å². The van der Waals surface area contributed by atoms with Crippen LogP contribution in [0.25, 0.3) is 10.2 Å². The van der Waals surface area contributed by atoms with Gasteiger partial charge in [0.1, 0.15) is 0 Å². The van der Waals surface area contributed by atoms with E-state index in [9.17, 15) is 13.2 Å². The maximum atomic E-state index is 10.7. The van der Waals surface area contributed by atoms with Gasteiger partial charge in [-0.3, -0.25) is 4.99 Å². The number of hydrogen-bond acceptors (Lipinski definition) is 4. The third-order valence-electron chi connectivity index (χ3n) is 6.37. The summed E-state index contributed by atoms with van der Waals surface area (Å²) in [5.41, 5.74) is 6.11. The van der Waals surface area contributed by atoms with Crippen LogP contribution in [0.3, 0.4) is 0 Å². The maximum Gasteiger partial charge on any atom is 2.00 e. The molecule has 48 heavy (non-hydrogen) atoms. The topological polar surface area (TPSA) is 88.0 Å². The number of benzene rings is 4. The summed E-state index contributed by atoms with van der Waals surface area (Å²) in [4.78, 5) is 8.18. The standard InChI is InChI=1S/C21H25N2.C9H9N.C6H6.CHF3O3S.Os/c1-14-9-7-10-15(2)20(14)22-18(5)13-19(6)23-21-16(3)11-8-12-17(21)4;1-7-5-4-6-8(2)9(7)10-3;1-2-4-6-5-3-1;2-1(3,4)8(5,6)7;/h7-13H,1-6H3;4-6H,1-2H3;1-6H;(H,5,6,7);/q-1;;;;+2/p-1/b18-13-,23-19?;;;;. The van der Waals surface area contributed by atoms with Crippen molar-refractivity contribution in [3.8, 4) is 0 Å². The summed E-state index contributed by atoms with van der Waals surface area (Å²) in [6.45, 7) is 23.2. The number of allylic oxidation sites excluding steroid dienone is 2. The molecule has 0 bridgehead atoms. The second kappa shape index (κ2) is 21.0. The predicted octanol–water partition coefficient (Wildman–Crippen LogP) is 11.2. The number of halogens is 3. The van der Waals surface area contributed by atoms with Crippen molar-refractivity contribution in [1.82, 2.24) is 0 Å². The molecule has 11 heteroatoms. The van der Waals surface area contributed by atoms with Gasteiger partial charge >= 0.3 is 25.3 Å². The summed E-state index contributed by atoms with van der Waals surface area (Å²) >= 11 is 0. The molecule has 0 aliphatic carbocycles. The molecule has 0 amide bonds.